The lowest BCUT2D eigenvalue weighted by molar-refractivity contribution is 0.0728. The van der Waals surface area contributed by atoms with Crippen molar-refractivity contribution in [1.82, 2.24) is 15.0 Å². The van der Waals surface area contributed by atoms with E-state index in [9.17, 15) is 4.79 Å². The second-order valence-corrected chi connectivity index (χ2v) is 6.20. The number of nitrogens with two attached hydrogens (primary N) is 1. The third-order valence-corrected chi connectivity index (χ3v) is 4.20. The highest BCUT2D eigenvalue weighted by Gasteiger charge is 2.34. The zero-order valence-electron chi connectivity index (χ0n) is 13.5. The van der Waals surface area contributed by atoms with Crippen molar-refractivity contribution in [2.75, 3.05) is 6.54 Å². The van der Waals surface area contributed by atoms with Crippen molar-refractivity contribution >= 4 is 5.91 Å². The smallest absolute Gasteiger partial charge is 0.254 e. The molecule has 3 rings (SSSR count). The van der Waals surface area contributed by atoms with Crippen LogP contribution >= 0.6 is 0 Å². The number of hydrogen-bond donors (Lipinski definition) is 1. The van der Waals surface area contributed by atoms with Crippen LogP contribution in [0.25, 0.3) is 0 Å². The van der Waals surface area contributed by atoms with Gasteiger partial charge in [0.25, 0.3) is 5.91 Å². The number of rotatable bonds is 4. The molecule has 1 aromatic carbocycles. The van der Waals surface area contributed by atoms with Crippen molar-refractivity contribution in [3.63, 3.8) is 0 Å². The van der Waals surface area contributed by atoms with Gasteiger partial charge in [-0.15, -0.1) is 0 Å². The molecule has 0 radical (unpaired) electrons. The minimum absolute atomic E-state index is 0.00645. The van der Waals surface area contributed by atoms with Crippen LogP contribution in [0.3, 0.4) is 0 Å². The van der Waals surface area contributed by atoms with E-state index >= 15 is 0 Å². The molecule has 1 aromatic heterocycles. The van der Waals surface area contributed by atoms with Crippen LogP contribution in [-0.2, 0) is 6.54 Å². The van der Waals surface area contributed by atoms with E-state index in [0.717, 1.165) is 18.4 Å². The molecule has 6 nitrogen and oxygen atoms in total. The highest BCUT2D eigenvalue weighted by Crippen LogP contribution is 2.32. The van der Waals surface area contributed by atoms with Gasteiger partial charge in [0, 0.05) is 24.6 Å². The number of hydrogen-bond acceptors (Lipinski definition) is 5. The van der Waals surface area contributed by atoms with Crippen LogP contribution in [0.4, 0.5) is 0 Å². The molecule has 2 N–H and O–H groups in total. The summed E-state index contributed by atoms with van der Waals surface area (Å²) in [5.41, 5.74) is 7.28. The molecule has 0 aliphatic carbocycles. The summed E-state index contributed by atoms with van der Waals surface area (Å²) in [5.74, 6) is 1.42. The Morgan fingerprint density at radius 3 is 2.74 bits per heavy atom. The van der Waals surface area contributed by atoms with Gasteiger partial charge >= 0.3 is 0 Å². The van der Waals surface area contributed by atoms with Crippen molar-refractivity contribution in [2.24, 2.45) is 5.73 Å². The van der Waals surface area contributed by atoms with E-state index in [1.165, 1.54) is 0 Å². The Balaban J connectivity index is 1.80. The van der Waals surface area contributed by atoms with E-state index in [1.807, 2.05) is 43.0 Å². The van der Waals surface area contributed by atoms with E-state index in [0.29, 0.717) is 30.4 Å². The molecule has 1 atom stereocenters. The predicted octanol–water partition coefficient (Wildman–Crippen LogP) is 2.63. The molecule has 1 fully saturated rings. The van der Waals surface area contributed by atoms with Gasteiger partial charge in [-0.25, -0.2) is 0 Å². The number of amides is 1. The zero-order valence-corrected chi connectivity index (χ0v) is 13.5. The van der Waals surface area contributed by atoms with E-state index in [-0.39, 0.29) is 17.9 Å². The standard InChI is InChI=1S/C17H22N4O2/c1-11(2)16-19-15(20-23-16)14-4-3-9-21(14)17(22)13-7-5-12(10-18)6-8-13/h5-8,11,14H,3-4,9-10,18H2,1-2H3. The summed E-state index contributed by atoms with van der Waals surface area (Å²) >= 11 is 0. The molecule has 122 valence electrons. The summed E-state index contributed by atoms with van der Waals surface area (Å²) in [6.45, 7) is 5.21. The first-order valence-electron chi connectivity index (χ1n) is 8.03. The maximum Gasteiger partial charge on any atom is 0.254 e. The first kappa shape index (κ1) is 15.7. The van der Waals surface area contributed by atoms with Gasteiger partial charge in [0.05, 0.1) is 6.04 Å². The molecule has 1 aliphatic rings. The van der Waals surface area contributed by atoms with E-state index in [1.54, 1.807) is 0 Å². The van der Waals surface area contributed by atoms with Crippen molar-refractivity contribution in [3.8, 4) is 0 Å². The Morgan fingerprint density at radius 1 is 1.39 bits per heavy atom. The Hall–Kier alpha value is -2.21. The van der Waals surface area contributed by atoms with Crippen LogP contribution in [0.1, 0.15) is 66.3 Å². The van der Waals surface area contributed by atoms with Gasteiger partial charge in [0.1, 0.15) is 0 Å². The molecular formula is C17H22N4O2. The van der Waals surface area contributed by atoms with Crippen LogP contribution in [-0.4, -0.2) is 27.5 Å². The topological polar surface area (TPSA) is 85.2 Å². The SMILES string of the molecule is CC(C)c1nc(C2CCCN2C(=O)c2ccc(CN)cc2)no1. The Kier molecular flexibility index (Phi) is 4.43. The lowest BCUT2D eigenvalue weighted by Crippen LogP contribution is -2.31. The third kappa shape index (κ3) is 3.12. The summed E-state index contributed by atoms with van der Waals surface area (Å²) in [6, 6.07) is 7.34. The van der Waals surface area contributed by atoms with E-state index < -0.39 is 0 Å². The molecule has 2 heterocycles. The van der Waals surface area contributed by atoms with Crippen molar-refractivity contribution in [2.45, 2.75) is 45.2 Å². The monoisotopic (exact) mass is 314 g/mol. The number of likely N-dealkylation sites (tertiary alicyclic amines) is 1. The van der Waals surface area contributed by atoms with Gasteiger partial charge < -0.3 is 15.2 Å². The number of carbonyl (C=O) groups is 1. The number of benzene rings is 1. The first-order valence-corrected chi connectivity index (χ1v) is 8.03. The zero-order chi connectivity index (χ0) is 16.4. The highest BCUT2D eigenvalue weighted by molar-refractivity contribution is 5.94. The second kappa shape index (κ2) is 6.50. The second-order valence-electron chi connectivity index (χ2n) is 6.20. The maximum atomic E-state index is 12.8. The molecule has 0 bridgehead atoms. The van der Waals surface area contributed by atoms with Gasteiger partial charge in [0.2, 0.25) is 5.89 Å². The van der Waals surface area contributed by atoms with Gasteiger partial charge in [-0.05, 0) is 30.5 Å². The molecule has 2 aromatic rings. The molecule has 0 spiro atoms. The van der Waals surface area contributed by atoms with Crippen molar-refractivity contribution < 1.29 is 9.32 Å². The van der Waals surface area contributed by atoms with Gasteiger partial charge in [-0.1, -0.05) is 31.1 Å². The van der Waals surface area contributed by atoms with Crippen LogP contribution in [0.15, 0.2) is 28.8 Å². The number of carbonyl (C=O) groups excluding carboxylic acids is 1. The minimum Gasteiger partial charge on any atom is -0.339 e. The molecule has 1 saturated heterocycles. The summed E-state index contributed by atoms with van der Waals surface area (Å²) in [6.07, 6.45) is 1.81. The fourth-order valence-electron chi connectivity index (χ4n) is 2.84. The quantitative estimate of drug-likeness (QED) is 0.937. The van der Waals surface area contributed by atoms with Crippen molar-refractivity contribution in [1.29, 1.82) is 0 Å². The molecule has 0 saturated carbocycles. The summed E-state index contributed by atoms with van der Waals surface area (Å²) < 4.78 is 5.29. The molecule has 6 heteroatoms. The Morgan fingerprint density at radius 2 is 2.13 bits per heavy atom. The highest BCUT2D eigenvalue weighted by atomic mass is 16.5. The largest absolute Gasteiger partial charge is 0.339 e. The average molecular weight is 314 g/mol. The summed E-state index contributed by atoms with van der Waals surface area (Å²) in [5, 5.41) is 4.08. The molecular weight excluding hydrogens is 292 g/mol. The van der Waals surface area contributed by atoms with E-state index in [4.69, 9.17) is 10.3 Å². The Bertz CT molecular complexity index is 678. The van der Waals surface area contributed by atoms with Crippen LogP contribution < -0.4 is 5.73 Å². The van der Waals surface area contributed by atoms with E-state index in [2.05, 4.69) is 10.1 Å². The van der Waals surface area contributed by atoms with Crippen LogP contribution in [0, 0.1) is 0 Å². The fraction of sp³-hybridized carbons (Fsp3) is 0.471. The third-order valence-electron chi connectivity index (χ3n) is 4.20. The molecule has 1 amide bonds. The molecule has 1 aliphatic heterocycles. The molecule has 1 unspecified atom stereocenters. The molecule has 23 heavy (non-hydrogen) atoms. The van der Waals surface area contributed by atoms with Crippen molar-refractivity contribution in [3.05, 3.63) is 47.1 Å². The van der Waals surface area contributed by atoms with Gasteiger partial charge in [-0.2, -0.15) is 4.98 Å². The van der Waals surface area contributed by atoms with Crippen LogP contribution in [0.2, 0.25) is 0 Å². The average Bonchev–Trinajstić information content (AvgIpc) is 3.22. The van der Waals surface area contributed by atoms with Gasteiger partial charge in [-0.3, -0.25) is 4.79 Å². The maximum absolute atomic E-state index is 12.8. The fourth-order valence-corrected chi connectivity index (χ4v) is 2.84. The lowest BCUT2D eigenvalue weighted by atomic mass is 10.1. The van der Waals surface area contributed by atoms with Gasteiger partial charge in [0.15, 0.2) is 5.82 Å². The predicted molar refractivity (Wildman–Crippen MR) is 85.7 cm³/mol. The van der Waals surface area contributed by atoms with Crippen LogP contribution in [0.5, 0.6) is 0 Å². The first-order chi connectivity index (χ1) is 11.1. The normalized spacial score (nSPS) is 17.9. The summed E-state index contributed by atoms with van der Waals surface area (Å²) in [7, 11) is 0. The lowest BCUT2D eigenvalue weighted by Gasteiger charge is -2.22. The number of nitrogens with zero attached hydrogens (tertiary/aromatic N) is 3. The summed E-state index contributed by atoms with van der Waals surface area (Å²) in [4.78, 5) is 19.1. The number of aromatic nitrogens is 2. The minimum atomic E-state index is -0.104. The Labute approximate surface area is 135 Å².